The number of rotatable bonds is 32. The third-order valence-electron chi connectivity index (χ3n) is 9.74. The van der Waals surface area contributed by atoms with Gasteiger partial charge in [0.1, 0.15) is 11.5 Å². The van der Waals surface area contributed by atoms with Crippen LogP contribution in [0.5, 0.6) is 11.5 Å². The van der Waals surface area contributed by atoms with Crippen molar-refractivity contribution in [2.45, 2.75) is 128 Å². The number of nitrogens with zero attached hydrogens (tertiary/aromatic N) is 4. The number of unbranched alkanes of at least 4 members (excludes halogenated alkanes) is 10. The fraction of sp³-hybridized carbons (Fsp3) is 0.440. The molecular weight excluding hydrogens is 705 g/mol. The van der Waals surface area contributed by atoms with Crippen LogP contribution in [0.2, 0.25) is 0 Å². The zero-order valence-corrected chi connectivity index (χ0v) is 34.2. The van der Waals surface area contributed by atoms with Crippen molar-refractivity contribution in [2.75, 3.05) is 13.2 Å². The molecule has 4 aromatic carbocycles. The van der Waals surface area contributed by atoms with Crippen molar-refractivity contribution in [1.29, 1.82) is 0 Å². The number of allylic oxidation sites excluding steroid dienone is 2. The van der Waals surface area contributed by atoms with E-state index in [-0.39, 0.29) is 12.1 Å². The number of hydrogen-bond donors (Lipinski definition) is 0. The molecule has 0 fully saturated rings. The predicted octanol–water partition coefficient (Wildman–Crippen LogP) is 15.5. The molecule has 2 atom stereocenters. The van der Waals surface area contributed by atoms with E-state index in [9.17, 15) is 0 Å². The van der Waals surface area contributed by atoms with Crippen LogP contribution in [0.3, 0.4) is 0 Å². The SMILES string of the molecule is C(=COC=CCCCC(CCCCCCCOc1ccccc1)N=Nc1ccccc1)CCCC(CCCCCCCOc1ccccc1)N=Nc1ccccc1. The van der Waals surface area contributed by atoms with Gasteiger partial charge in [0.25, 0.3) is 0 Å². The Morgan fingerprint density at radius 3 is 1.16 bits per heavy atom. The van der Waals surface area contributed by atoms with Crippen LogP contribution >= 0.6 is 0 Å². The van der Waals surface area contributed by atoms with Crippen molar-refractivity contribution < 1.29 is 14.2 Å². The molecule has 0 spiro atoms. The highest BCUT2D eigenvalue weighted by atomic mass is 16.5. The van der Waals surface area contributed by atoms with Crippen LogP contribution < -0.4 is 9.47 Å². The lowest BCUT2D eigenvalue weighted by molar-refractivity contribution is 0.304. The summed E-state index contributed by atoms with van der Waals surface area (Å²) in [6, 6.07) is 40.7. The lowest BCUT2D eigenvalue weighted by Gasteiger charge is -2.11. The molecule has 304 valence electrons. The molecule has 0 aliphatic carbocycles. The van der Waals surface area contributed by atoms with E-state index in [4.69, 9.17) is 24.4 Å². The van der Waals surface area contributed by atoms with E-state index in [0.29, 0.717) is 0 Å². The Morgan fingerprint density at radius 2 is 0.737 bits per heavy atom. The van der Waals surface area contributed by atoms with Crippen molar-refractivity contribution in [3.8, 4) is 11.5 Å². The Balaban J connectivity index is 1.06. The van der Waals surface area contributed by atoms with Gasteiger partial charge in [-0.1, -0.05) is 124 Å². The molecule has 0 heterocycles. The average molecular weight is 771 g/mol. The zero-order valence-electron chi connectivity index (χ0n) is 34.2. The second-order valence-corrected chi connectivity index (χ2v) is 14.6. The summed E-state index contributed by atoms with van der Waals surface area (Å²) >= 11 is 0. The summed E-state index contributed by atoms with van der Waals surface area (Å²) in [6.07, 6.45) is 27.8. The average Bonchev–Trinajstić information content (AvgIpc) is 3.26. The lowest BCUT2D eigenvalue weighted by atomic mass is 10.0. The van der Waals surface area contributed by atoms with Crippen LogP contribution in [-0.2, 0) is 4.74 Å². The molecule has 0 aliphatic heterocycles. The molecule has 0 aliphatic rings. The second-order valence-electron chi connectivity index (χ2n) is 14.6. The molecule has 0 N–H and O–H groups in total. The topological polar surface area (TPSA) is 77.1 Å². The molecule has 0 radical (unpaired) electrons. The molecule has 0 aromatic heterocycles. The summed E-state index contributed by atoms with van der Waals surface area (Å²) < 4.78 is 17.3. The maximum atomic E-state index is 5.83. The number of azo groups is 2. The smallest absolute Gasteiger partial charge is 0.119 e. The van der Waals surface area contributed by atoms with E-state index in [1.807, 2.05) is 134 Å². The molecular formula is C50H66N4O3. The summed E-state index contributed by atoms with van der Waals surface area (Å²) in [5.41, 5.74) is 1.83. The van der Waals surface area contributed by atoms with Crippen LogP contribution in [0.25, 0.3) is 0 Å². The van der Waals surface area contributed by atoms with Gasteiger partial charge >= 0.3 is 0 Å². The number of para-hydroxylation sites is 2. The Labute approximate surface area is 343 Å². The van der Waals surface area contributed by atoms with E-state index in [1.165, 1.54) is 51.4 Å². The van der Waals surface area contributed by atoms with Gasteiger partial charge in [0.05, 0.1) is 49.2 Å². The Kier molecular flexibility index (Phi) is 24.4. The van der Waals surface area contributed by atoms with Crippen LogP contribution in [0.1, 0.15) is 116 Å². The predicted molar refractivity (Wildman–Crippen MR) is 236 cm³/mol. The van der Waals surface area contributed by atoms with Gasteiger partial charge in [-0.15, -0.1) is 0 Å². The van der Waals surface area contributed by atoms with Crippen molar-refractivity contribution in [1.82, 2.24) is 0 Å². The van der Waals surface area contributed by atoms with Crippen molar-refractivity contribution in [3.05, 3.63) is 146 Å². The van der Waals surface area contributed by atoms with Gasteiger partial charge in [-0.05, 0) is 125 Å². The van der Waals surface area contributed by atoms with Crippen LogP contribution in [-0.4, -0.2) is 25.3 Å². The highest BCUT2D eigenvalue weighted by molar-refractivity contribution is 5.35. The van der Waals surface area contributed by atoms with Gasteiger partial charge in [0, 0.05) is 0 Å². The molecule has 4 rings (SSSR count). The largest absolute Gasteiger partial charge is 0.494 e. The minimum Gasteiger partial charge on any atom is -0.494 e. The molecule has 0 amide bonds. The molecule has 2 unspecified atom stereocenters. The molecule has 4 aromatic rings. The van der Waals surface area contributed by atoms with Gasteiger partial charge in [0.2, 0.25) is 0 Å². The molecule has 0 saturated heterocycles. The lowest BCUT2D eigenvalue weighted by Crippen LogP contribution is -2.04. The number of hydrogen-bond acceptors (Lipinski definition) is 7. The fourth-order valence-corrected chi connectivity index (χ4v) is 6.48. The minimum atomic E-state index is 0.238. The van der Waals surface area contributed by atoms with Gasteiger partial charge in [-0.25, -0.2) is 0 Å². The molecule has 7 nitrogen and oxygen atoms in total. The van der Waals surface area contributed by atoms with Gasteiger partial charge in [-0.2, -0.15) is 20.5 Å². The summed E-state index contributed by atoms with van der Waals surface area (Å²) in [5.74, 6) is 1.91. The van der Waals surface area contributed by atoms with E-state index in [1.54, 1.807) is 0 Å². The summed E-state index contributed by atoms with van der Waals surface area (Å²) in [5, 5.41) is 18.6. The van der Waals surface area contributed by atoms with Gasteiger partial charge in [-0.3, -0.25) is 0 Å². The standard InChI is InChI=1S/C50H66N4O3/c1(5-27-43-56-49-37-21-9-22-38-49)3-13-29-45(51-53-47-31-15-7-16-32-47)35-19-11-25-41-55-42-26-12-20-36-46(52-54-48-33-17-8-18-34-48)30-14-4-2-6-28-44-57-50-39-23-10-24-40-50/h7-10,15-18,21-26,31-34,37-42,45-46H,1-6,11-14,19-20,27-30,35-36,43-44H2. The maximum absolute atomic E-state index is 5.83. The first-order valence-corrected chi connectivity index (χ1v) is 21.6. The van der Waals surface area contributed by atoms with E-state index >= 15 is 0 Å². The third kappa shape index (κ3) is 22.9. The summed E-state index contributed by atoms with van der Waals surface area (Å²) in [6.45, 7) is 1.56. The first kappa shape index (κ1) is 44.7. The Morgan fingerprint density at radius 1 is 0.386 bits per heavy atom. The second kappa shape index (κ2) is 31.1. The highest BCUT2D eigenvalue weighted by Gasteiger charge is 2.09. The highest BCUT2D eigenvalue weighted by Crippen LogP contribution is 2.21. The summed E-state index contributed by atoms with van der Waals surface area (Å²) in [7, 11) is 0. The van der Waals surface area contributed by atoms with E-state index in [0.717, 1.165) is 100 Å². The Hall–Kier alpha value is -5.04. The molecule has 0 bridgehead atoms. The molecule has 0 saturated carbocycles. The number of benzene rings is 4. The van der Waals surface area contributed by atoms with Crippen LogP contribution in [0.15, 0.2) is 166 Å². The molecule has 57 heavy (non-hydrogen) atoms. The normalized spacial score (nSPS) is 12.8. The van der Waals surface area contributed by atoms with Crippen LogP contribution in [0.4, 0.5) is 11.4 Å². The zero-order chi connectivity index (χ0) is 39.5. The van der Waals surface area contributed by atoms with Gasteiger partial charge in [0.15, 0.2) is 0 Å². The monoisotopic (exact) mass is 771 g/mol. The first-order chi connectivity index (χ1) is 28.3. The maximum Gasteiger partial charge on any atom is 0.119 e. The van der Waals surface area contributed by atoms with E-state index in [2.05, 4.69) is 22.4 Å². The first-order valence-electron chi connectivity index (χ1n) is 21.6. The number of ether oxygens (including phenoxy) is 3. The van der Waals surface area contributed by atoms with Crippen molar-refractivity contribution >= 4 is 11.4 Å². The third-order valence-corrected chi connectivity index (χ3v) is 9.74. The van der Waals surface area contributed by atoms with Crippen LogP contribution in [0, 0.1) is 0 Å². The Bertz CT molecular complexity index is 1510. The summed E-state index contributed by atoms with van der Waals surface area (Å²) in [4.78, 5) is 0. The van der Waals surface area contributed by atoms with Crippen molar-refractivity contribution in [3.63, 3.8) is 0 Å². The van der Waals surface area contributed by atoms with Gasteiger partial charge < -0.3 is 14.2 Å². The fourth-order valence-electron chi connectivity index (χ4n) is 6.48. The van der Waals surface area contributed by atoms with Crippen molar-refractivity contribution in [2.24, 2.45) is 20.5 Å². The minimum absolute atomic E-state index is 0.238. The quantitative estimate of drug-likeness (QED) is 0.0282. The van der Waals surface area contributed by atoms with E-state index < -0.39 is 0 Å². The molecule has 7 heteroatoms.